The van der Waals surface area contributed by atoms with Gasteiger partial charge in [0.2, 0.25) is 5.91 Å². The van der Waals surface area contributed by atoms with Crippen molar-refractivity contribution in [2.24, 2.45) is 0 Å². The van der Waals surface area contributed by atoms with Crippen LogP contribution in [0.3, 0.4) is 0 Å². The zero-order chi connectivity index (χ0) is 14.7. The fourth-order valence-electron chi connectivity index (χ4n) is 2.23. The molecule has 0 bridgehead atoms. The number of rotatable bonds is 5. The monoisotopic (exact) mass is 294 g/mol. The average Bonchev–Trinajstić information content (AvgIpc) is 2.83. The molecule has 1 amide bonds. The van der Waals surface area contributed by atoms with Gasteiger partial charge in [-0.05, 0) is 26.0 Å². The van der Waals surface area contributed by atoms with Crippen LogP contribution >= 0.6 is 11.6 Å². The van der Waals surface area contributed by atoms with Crippen LogP contribution < -0.4 is 0 Å². The number of carbonyl (C=O) groups excluding carboxylic acids is 1. The lowest BCUT2D eigenvalue weighted by Crippen LogP contribution is -2.33. The lowest BCUT2D eigenvalue weighted by Gasteiger charge is -2.22. The fraction of sp³-hybridized carbons (Fsp3) is 0.500. The highest BCUT2D eigenvalue weighted by atomic mass is 35.5. The van der Waals surface area contributed by atoms with Crippen LogP contribution in [0.4, 0.5) is 0 Å². The molecule has 20 heavy (non-hydrogen) atoms. The highest BCUT2D eigenvalue weighted by Gasteiger charge is 2.23. The smallest absolute Gasteiger partial charge is 0.245 e. The zero-order valence-electron chi connectivity index (χ0n) is 12.0. The number of carbonyl (C=O) groups is 1. The SMILES string of the molecule is CCN(C)C(=O)C(C)n1c(CCCl)nc2cccnc21. The molecule has 0 radical (unpaired) electrons. The molecular weight excluding hydrogens is 276 g/mol. The van der Waals surface area contributed by atoms with Gasteiger partial charge in [-0.3, -0.25) is 4.79 Å². The first-order valence-corrected chi connectivity index (χ1v) is 7.26. The molecule has 108 valence electrons. The largest absolute Gasteiger partial charge is 0.344 e. The number of alkyl halides is 1. The van der Waals surface area contributed by atoms with E-state index in [-0.39, 0.29) is 11.9 Å². The number of halogens is 1. The number of pyridine rings is 1. The van der Waals surface area contributed by atoms with Crippen LogP contribution in [0.1, 0.15) is 25.7 Å². The minimum absolute atomic E-state index is 0.0493. The quantitative estimate of drug-likeness (QED) is 0.795. The van der Waals surface area contributed by atoms with Crippen LogP contribution in [0.2, 0.25) is 0 Å². The molecule has 2 aromatic rings. The second-order valence-electron chi connectivity index (χ2n) is 4.71. The minimum atomic E-state index is -0.335. The second kappa shape index (κ2) is 6.22. The number of amides is 1. The summed E-state index contributed by atoms with van der Waals surface area (Å²) in [6.07, 6.45) is 2.33. The van der Waals surface area contributed by atoms with Gasteiger partial charge in [0.1, 0.15) is 17.4 Å². The Morgan fingerprint density at radius 1 is 1.55 bits per heavy atom. The Hall–Kier alpha value is -1.62. The summed E-state index contributed by atoms with van der Waals surface area (Å²) >= 11 is 5.84. The van der Waals surface area contributed by atoms with E-state index in [1.165, 1.54) is 0 Å². The Morgan fingerprint density at radius 3 is 2.95 bits per heavy atom. The predicted molar refractivity (Wildman–Crippen MR) is 80.0 cm³/mol. The summed E-state index contributed by atoms with van der Waals surface area (Å²) in [6.45, 7) is 4.50. The van der Waals surface area contributed by atoms with Crippen LogP contribution in [-0.2, 0) is 11.2 Å². The fourth-order valence-corrected chi connectivity index (χ4v) is 2.40. The van der Waals surface area contributed by atoms with Gasteiger partial charge in [0.05, 0.1) is 0 Å². The standard InChI is InChI=1S/C14H19ClN4O/c1-4-18(3)14(20)10(2)19-12(7-8-15)17-11-6-5-9-16-13(11)19/h5-6,9-10H,4,7-8H2,1-3H3. The van der Waals surface area contributed by atoms with Crippen molar-refractivity contribution in [3.8, 4) is 0 Å². The average molecular weight is 295 g/mol. The molecule has 0 spiro atoms. The molecule has 0 aromatic carbocycles. The summed E-state index contributed by atoms with van der Waals surface area (Å²) in [7, 11) is 1.80. The van der Waals surface area contributed by atoms with E-state index < -0.39 is 0 Å². The van der Waals surface area contributed by atoms with E-state index in [0.29, 0.717) is 18.8 Å². The summed E-state index contributed by atoms with van der Waals surface area (Å²) in [5, 5.41) is 0. The van der Waals surface area contributed by atoms with Crippen molar-refractivity contribution in [1.82, 2.24) is 19.4 Å². The molecule has 6 heteroatoms. The molecule has 1 atom stereocenters. The predicted octanol–water partition coefficient (Wildman–Crippen LogP) is 2.25. The van der Waals surface area contributed by atoms with E-state index in [9.17, 15) is 4.79 Å². The number of imidazole rings is 1. The van der Waals surface area contributed by atoms with Gasteiger partial charge < -0.3 is 9.47 Å². The number of likely N-dealkylation sites (N-methyl/N-ethyl adjacent to an activating group) is 1. The first-order valence-electron chi connectivity index (χ1n) is 6.72. The summed E-state index contributed by atoms with van der Waals surface area (Å²) in [6, 6.07) is 3.41. The molecule has 2 aromatic heterocycles. The van der Waals surface area contributed by atoms with Gasteiger partial charge >= 0.3 is 0 Å². The molecule has 0 aliphatic heterocycles. The lowest BCUT2D eigenvalue weighted by molar-refractivity contribution is -0.132. The maximum atomic E-state index is 12.4. The van der Waals surface area contributed by atoms with E-state index in [1.807, 2.05) is 30.5 Å². The summed E-state index contributed by atoms with van der Waals surface area (Å²) in [4.78, 5) is 23.0. The number of hydrogen-bond donors (Lipinski definition) is 0. The first-order chi connectivity index (χ1) is 9.60. The molecule has 0 aliphatic rings. The van der Waals surface area contributed by atoms with E-state index in [4.69, 9.17) is 11.6 Å². The molecule has 2 rings (SSSR count). The van der Waals surface area contributed by atoms with Crippen molar-refractivity contribution in [1.29, 1.82) is 0 Å². The van der Waals surface area contributed by atoms with Crippen LogP contribution in [0, 0.1) is 0 Å². The van der Waals surface area contributed by atoms with Gasteiger partial charge in [0, 0.05) is 32.1 Å². The third-order valence-electron chi connectivity index (χ3n) is 3.44. The summed E-state index contributed by atoms with van der Waals surface area (Å²) < 4.78 is 1.90. The van der Waals surface area contributed by atoms with E-state index in [0.717, 1.165) is 17.0 Å². The summed E-state index contributed by atoms with van der Waals surface area (Å²) in [5.74, 6) is 1.32. The lowest BCUT2D eigenvalue weighted by atomic mass is 10.2. The van der Waals surface area contributed by atoms with Crippen LogP contribution in [0.15, 0.2) is 18.3 Å². The Bertz CT molecular complexity index is 610. The molecule has 0 saturated heterocycles. The van der Waals surface area contributed by atoms with Crippen molar-refractivity contribution in [3.05, 3.63) is 24.2 Å². The molecule has 2 heterocycles. The first kappa shape index (κ1) is 14.8. The normalized spacial score (nSPS) is 12.6. The maximum Gasteiger partial charge on any atom is 0.245 e. The van der Waals surface area contributed by atoms with Gasteiger partial charge in [0.25, 0.3) is 0 Å². The second-order valence-corrected chi connectivity index (χ2v) is 5.09. The van der Waals surface area contributed by atoms with Crippen molar-refractivity contribution in [2.45, 2.75) is 26.3 Å². The minimum Gasteiger partial charge on any atom is -0.344 e. The van der Waals surface area contributed by atoms with Crippen molar-refractivity contribution in [2.75, 3.05) is 19.5 Å². The van der Waals surface area contributed by atoms with Gasteiger partial charge in [0.15, 0.2) is 5.65 Å². The van der Waals surface area contributed by atoms with Gasteiger partial charge in [-0.25, -0.2) is 9.97 Å². The number of nitrogens with zero attached hydrogens (tertiary/aromatic N) is 4. The zero-order valence-corrected chi connectivity index (χ0v) is 12.8. The van der Waals surface area contributed by atoms with E-state index >= 15 is 0 Å². The molecule has 0 N–H and O–H groups in total. The van der Waals surface area contributed by atoms with E-state index in [1.54, 1.807) is 18.1 Å². The Kier molecular flexibility index (Phi) is 4.60. The number of fused-ring (bicyclic) bond motifs is 1. The third kappa shape index (κ3) is 2.63. The number of aromatic nitrogens is 3. The van der Waals surface area contributed by atoms with Crippen LogP contribution in [0.25, 0.3) is 11.2 Å². The van der Waals surface area contributed by atoms with Crippen molar-refractivity contribution in [3.63, 3.8) is 0 Å². The van der Waals surface area contributed by atoms with Crippen molar-refractivity contribution < 1.29 is 4.79 Å². The molecule has 0 aliphatic carbocycles. The molecular formula is C14H19ClN4O. The topological polar surface area (TPSA) is 51.0 Å². The third-order valence-corrected chi connectivity index (χ3v) is 3.62. The Balaban J connectivity index is 2.50. The number of aryl methyl sites for hydroxylation is 1. The summed E-state index contributed by atoms with van der Waals surface area (Å²) in [5.41, 5.74) is 1.53. The molecule has 5 nitrogen and oxygen atoms in total. The van der Waals surface area contributed by atoms with Gasteiger partial charge in [-0.2, -0.15) is 0 Å². The Labute approximate surface area is 123 Å². The Morgan fingerprint density at radius 2 is 2.30 bits per heavy atom. The molecule has 0 saturated carbocycles. The van der Waals surface area contributed by atoms with Crippen LogP contribution in [0.5, 0.6) is 0 Å². The maximum absolute atomic E-state index is 12.4. The molecule has 0 fully saturated rings. The van der Waals surface area contributed by atoms with Gasteiger partial charge in [-0.15, -0.1) is 11.6 Å². The highest BCUT2D eigenvalue weighted by molar-refractivity contribution is 6.17. The van der Waals surface area contributed by atoms with Crippen LogP contribution in [-0.4, -0.2) is 44.8 Å². The molecule has 1 unspecified atom stereocenters. The number of hydrogen-bond acceptors (Lipinski definition) is 3. The highest BCUT2D eigenvalue weighted by Crippen LogP contribution is 2.21. The van der Waals surface area contributed by atoms with E-state index in [2.05, 4.69) is 9.97 Å². The van der Waals surface area contributed by atoms with Crippen molar-refractivity contribution >= 4 is 28.7 Å². The van der Waals surface area contributed by atoms with Gasteiger partial charge in [-0.1, -0.05) is 0 Å².